The summed E-state index contributed by atoms with van der Waals surface area (Å²) >= 11 is 0. The minimum absolute atomic E-state index is 0.0195. The number of hydrogen-bond donors (Lipinski definition) is 1. The monoisotopic (exact) mass is 247 g/mol. The largest absolute Gasteiger partial charge is 0.387 e. The fourth-order valence-corrected chi connectivity index (χ4v) is 1.73. The van der Waals surface area contributed by atoms with Gasteiger partial charge in [0.05, 0.1) is 17.6 Å². The van der Waals surface area contributed by atoms with Gasteiger partial charge in [-0.15, -0.1) is 0 Å². The van der Waals surface area contributed by atoms with Crippen molar-refractivity contribution in [3.05, 3.63) is 58.2 Å². The van der Waals surface area contributed by atoms with Crippen LogP contribution < -0.4 is 0 Å². The SMILES string of the molecule is Cc1nccn1C[C@@H](O)c1cccc([N+](=O)[O-])c1. The van der Waals surface area contributed by atoms with Gasteiger partial charge in [0.1, 0.15) is 5.82 Å². The number of non-ortho nitro benzene ring substituents is 1. The third-order valence-corrected chi connectivity index (χ3v) is 2.76. The van der Waals surface area contributed by atoms with Crippen LogP contribution in [0.2, 0.25) is 0 Å². The van der Waals surface area contributed by atoms with Crippen LogP contribution in [-0.4, -0.2) is 19.6 Å². The molecule has 6 nitrogen and oxygen atoms in total. The Morgan fingerprint density at radius 1 is 1.56 bits per heavy atom. The van der Waals surface area contributed by atoms with Crippen molar-refractivity contribution in [3.63, 3.8) is 0 Å². The Hall–Kier alpha value is -2.21. The third kappa shape index (κ3) is 2.54. The molecule has 0 aliphatic heterocycles. The van der Waals surface area contributed by atoms with Crippen LogP contribution in [0.25, 0.3) is 0 Å². The van der Waals surface area contributed by atoms with Gasteiger partial charge < -0.3 is 9.67 Å². The molecule has 1 aromatic carbocycles. The van der Waals surface area contributed by atoms with E-state index in [9.17, 15) is 15.2 Å². The maximum absolute atomic E-state index is 10.7. The number of nitrogens with zero attached hydrogens (tertiary/aromatic N) is 3. The zero-order valence-electron chi connectivity index (χ0n) is 9.85. The molecule has 94 valence electrons. The molecule has 0 unspecified atom stereocenters. The highest BCUT2D eigenvalue weighted by molar-refractivity contribution is 5.35. The van der Waals surface area contributed by atoms with Crippen LogP contribution in [0.1, 0.15) is 17.5 Å². The Bertz CT molecular complexity index is 565. The normalized spacial score (nSPS) is 12.3. The summed E-state index contributed by atoms with van der Waals surface area (Å²) in [4.78, 5) is 14.2. The molecule has 1 atom stereocenters. The number of aromatic nitrogens is 2. The molecule has 6 heteroatoms. The van der Waals surface area contributed by atoms with Crippen LogP contribution in [0.4, 0.5) is 5.69 Å². The first kappa shape index (κ1) is 12.3. The number of nitro groups is 1. The average molecular weight is 247 g/mol. The molecule has 0 saturated heterocycles. The molecule has 18 heavy (non-hydrogen) atoms. The molecule has 2 aromatic rings. The first-order valence-corrected chi connectivity index (χ1v) is 5.48. The predicted molar refractivity (Wildman–Crippen MR) is 65.0 cm³/mol. The fraction of sp³-hybridized carbons (Fsp3) is 0.250. The number of rotatable bonds is 4. The van der Waals surface area contributed by atoms with Crippen molar-refractivity contribution >= 4 is 5.69 Å². The molecule has 0 aliphatic carbocycles. The first-order valence-electron chi connectivity index (χ1n) is 5.48. The van der Waals surface area contributed by atoms with Crippen molar-refractivity contribution < 1.29 is 10.0 Å². The highest BCUT2D eigenvalue weighted by Crippen LogP contribution is 2.20. The van der Waals surface area contributed by atoms with E-state index in [-0.39, 0.29) is 5.69 Å². The Kier molecular flexibility index (Phi) is 3.38. The van der Waals surface area contributed by atoms with Crippen molar-refractivity contribution in [1.29, 1.82) is 0 Å². The van der Waals surface area contributed by atoms with Crippen molar-refractivity contribution in [1.82, 2.24) is 9.55 Å². The zero-order valence-corrected chi connectivity index (χ0v) is 9.85. The second-order valence-corrected chi connectivity index (χ2v) is 3.99. The number of benzene rings is 1. The Morgan fingerprint density at radius 3 is 2.94 bits per heavy atom. The molecule has 0 spiro atoms. The quantitative estimate of drug-likeness (QED) is 0.660. The molecular weight excluding hydrogens is 234 g/mol. The minimum atomic E-state index is -0.794. The molecule has 1 N–H and O–H groups in total. The molecule has 0 bridgehead atoms. The number of imidazole rings is 1. The van der Waals surface area contributed by atoms with E-state index in [1.165, 1.54) is 12.1 Å². The zero-order chi connectivity index (χ0) is 13.1. The molecule has 1 aromatic heterocycles. The molecule has 0 radical (unpaired) electrons. The summed E-state index contributed by atoms with van der Waals surface area (Å²) < 4.78 is 1.80. The standard InChI is InChI=1S/C12H13N3O3/c1-9-13-5-6-14(9)8-12(16)10-3-2-4-11(7-10)15(17)18/h2-7,12,16H,8H2,1H3/t12-/m1/s1. The van der Waals surface area contributed by atoms with Crippen LogP contribution in [0.15, 0.2) is 36.7 Å². The van der Waals surface area contributed by atoms with Crippen LogP contribution in [-0.2, 0) is 6.54 Å². The summed E-state index contributed by atoms with van der Waals surface area (Å²) in [6.45, 7) is 2.16. The molecule has 0 aliphatic rings. The lowest BCUT2D eigenvalue weighted by Gasteiger charge is -2.12. The topological polar surface area (TPSA) is 81.2 Å². The van der Waals surface area contributed by atoms with Gasteiger partial charge in [-0.05, 0) is 12.5 Å². The van der Waals surface area contributed by atoms with Gasteiger partial charge in [-0.2, -0.15) is 0 Å². The first-order chi connectivity index (χ1) is 8.58. The van der Waals surface area contributed by atoms with Crippen LogP contribution >= 0.6 is 0 Å². The molecular formula is C12H13N3O3. The van der Waals surface area contributed by atoms with Crippen LogP contribution in [0.3, 0.4) is 0 Å². The van der Waals surface area contributed by atoms with E-state index in [2.05, 4.69) is 4.98 Å². The summed E-state index contributed by atoms with van der Waals surface area (Å²) in [6.07, 6.45) is 2.61. The van der Waals surface area contributed by atoms with Gasteiger partial charge in [0, 0.05) is 24.5 Å². The van der Waals surface area contributed by atoms with Crippen LogP contribution in [0.5, 0.6) is 0 Å². The second-order valence-electron chi connectivity index (χ2n) is 3.99. The third-order valence-electron chi connectivity index (χ3n) is 2.76. The lowest BCUT2D eigenvalue weighted by molar-refractivity contribution is -0.385. The van der Waals surface area contributed by atoms with E-state index in [0.29, 0.717) is 12.1 Å². The van der Waals surface area contributed by atoms with Crippen molar-refractivity contribution in [2.45, 2.75) is 19.6 Å². The molecule has 0 saturated carbocycles. The summed E-state index contributed by atoms with van der Waals surface area (Å²) in [5, 5.41) is 20.7. The van der Waals surface area contributed by atoms with Crippen molar-refractivity contribution in [3.8, 4) is 0 Å². The Morgan fingerprint density at radius 2 is 2.33 bits per heavy atom. The molecule has 1 heterocycles. The number of aryl methyl sites for hydroxylation is 1. The maximum Gasteiger partial charge on any atom is 0.269 e. The lowest BCUT2D eigenvalue weighted by Crippen LogP contribution is -2.09. The van der Waals surface area contributed by atoms with Gasteiger partial charge in [-0.3, -0.25) is 10.1 Å². The molecule has 0 amide bonds. The molecule has 0 fully saturated rings. The minimum Gasteiger partial charge on any atom is -0.387 e. The Labute approximate surface area is 104 Å². The smallest absolute Gasteiger partial charge is 0.269 e. The highest BCUT2D eigenvalue weighted by Gasteiger charge is 2.13. The summed E-state index contributed by atoms with van der Waals surface area (Å²) in [7, 11) is 0. The molecule has 2 rings (SSSR count). The summed E-state index contributed by atoms with van der Waals surface area (Å²) in [5.74, 6) is 0.791. The highest BCUT2D eigenvalue weighted by atomic mass is 16.6. The lowest BCUT2D eigenvalue weighted by atomic mass is 10.1. The number of hydrogen-bond acceptors (Lipinski definition) is 4. The average Bonchev–Trinajstić information content (AvgIpc) is 2.75. The van der Waals surface area contributed by atoms with Gasteiger partial charge >= 0.3 is 0 Å². The van der Waals surface area contributed by atoms with Gasteiger partial charge in [0.15, 0.2) is 0 Å². The van der Waals surface area contributed by atoms with E-state index >= 15 is 0 Å². The number of nitro benzene ring substituents is 1. The van der Waals surface area contributed by atoms with Gasteiger partial charge in [-0.25, -0.2) is 4.98 Å². The van der Waals surface area contributed by atoms with E-state index in [0.717, 1.165) is 5.82 Å². The maximum atomic E-state index is 10.7. The van der Waals surface area contributed by atoms with E-state index < -0.39 is 11.0 Å². The predicted octanol–water partition coefficient (Wildman–Crippen LogP) is 1.83. The van der Waals surface area contributed by atoms with Gasteiger partial charge in [-0.1, -0.05) is 12.1 Å². The van der Waals surface area contributed by atoms with E-state index in [1.807, 2.05) is 6.92 Å². The van der Waals surface area contributed by atoms with Gasteiger partial charge in [0.2, 0.25) is 0 Å². The summed E-state index contributed by atoms with van der Waals surface area (Å²) in [5.41, 5.74) is 0.506. The van der Waals surface area contributed by atoms with E-state index in [4.69, 9.17) is 0 Å². The Balaban J connectivity index is 2.18. The van der Waals surface area contributed by atoms with E-state index in [1.54, 1.807) is 29.1 Å². The number of aliphatic hydroxyl groups excluding tert-OH is 1. The fourth-order valence-electron chi connectivity index (χ4n) is 1.73. The van der Waals surface area contributed by atoms with Gasteiger partial charge in [0.25, 0.3) is 5.69 Å². The number of aliphatic hydroxyl groups is 1. The second kappa shape index (κ2) is 4.97. The van der Waals surface area contributed by atoms with Crippen molar-refractivity contribution in [2.75, 3.05) is 0 Å². The summed E-state index contributed by atoms with van der Waals surface area (Å²) in [6, 6.07) is 6.02. The van der Waals surface area contributed by atoms with Crippen molar-refractivity contribution in [2.24, 2.45) is 0 Å². The van der Waals surface area contributed by atoms with Crippen LogP contribution in [0, 0.1) is 17.0 Å².